The van der Waals surface area contributed by atoms with Crippen molar-refractivity contribution in [1.29, 1.82) is 0 Å². The molecule has 0 unspecified atom stereocenters. The fourth-order valence-corrected chi connectivity index (χ4v) is 1.50. The maximum atomic E-state index is 2.30. The molecular weight excluding hydrogens is 221 g/mol. The lowest BCUT2D eigenvalue weighted by Gasteiger charge is -1.72. The van der Waals surface area contributed by atoms with Crippen molar-refractivity contribution < 1.29 is 4.57 Å². The molecular formula is C4H5INS+. The standard InChI is InChI=1S/C4H5INS/c1-6-2-3-7-4(6)5/h2-3H,1H3/q+1. The molecule has 0 radical (unpaired) electrons. The lowest BCUT2D eigenvalue weighted by atomic mass is 10.9. The highest BCUT2D eigenvalue weighted by Crippen LogP contribution is 2.02. The first-order chi connectivity index (χ1) is 3.30. The fraction of sp³-hybridized carbons (Fsp3) is 0.250. The molecule has 0 N–H and O–H groups in total. The molecule has 0 amide bonds. The van der Waals surface area contributed by atoms with E-state index in [4.69, 9.17) is 0 Å². The summed E-state index contributed by atoms with van der Waals surface area (Å²) in [7, 11) is 2.04. The summed E-state index contributed by atoms with van der Waals surface area (Å²) >= 11 is 4.06. The van der Waals surface area contributed by atoms with Gasteiger partial charge in [-0.25, -0.2) is 0 Å². The molecule has 0 aliphatic rings. The van der Waals surface area contributed by atoms with E-state index in [2.05, 4.69) is 32.5 Å². The van der Waals surface area contributed by atoms with E-state index >= 15 is 0 Å². The van der Waals surface area contributed by atoms with Crippen LogP contribution in [-0.2, 0) is 7.05 Å². The summed E-state index contributed by atoms with van der Waals surface area (Å²) < 4.78 is 3.41. The molecule has 0 aliphatic carbocycles. The summed E-state index contributed by atoms with van der Waals surface area (Å²) in [5, 5.41) is 2.07. The quantitative estimate of drug-likeness (QED) is 0.462. The van der Waals surface area contributed by atoms with Crippen molar-refractivity contribution in [3.05, 3.63) is 14.6 Å². The molecule has 0 aliphatic heterocycles. The molecule has 1 aromatic heterocycles. The molecule has 0 spiro atoms. The number of aromatic nitrogens is 1. The highest BCUT2D eigenvalue weighted by atomic mass is 127. The fourth-order valence-electron chi connectivity index (χ4n) is 0.320. The van der Waals surface area contributed by atoms with Crippen molar-refractivity contribution in [3.63, 3.8) is 0 Å². The first kappa shape index (κ1) is 5.50. The van der Waals surface area contributed by atoms with Gasteiger partial charge in [-0.2, -0.15) is 4.57 Å². The summed E-state index contributed by atoms with van der Waals surface area (Å²) in [6, 6.07) is 0. The molecule has 0 aromatic carbocycles. The van der Waals surface area contributed by atoms with Gasteiger partial charge >= 0.3 is 0 Å². The van der Waals surface area contributed by atoms with E-state index in [1.165, 1.54) is 3.01 Å². The third-order valence-electron chi connectivity index (χ3n) is 0.727. The van der Waals surface area contributed by atoms with Crippen LogP contribution in [0.3, 0.4) is 0 Å². The van der Waals surface area contributed by atoms with Gasteiger partial charge in [0.15, 0.2) is 6.20 Å². The Morgan fingerprint density at radius 3 is 2.71 bits per heavy atom. The van der Waals surface area contributed by atoms with Crippen LogP contribution >= 0.6 is 33.9 Å². The van der Waals surface area contributed by atoms with Gasteiger partial charge in [-0.1, -0.05) is 11.3 Å². The van der Waals surface area contributed by atoms with Crippen LogP contribution in [0.5, 0.6) is 0 Å². The lowest BCUT2D eigenvalue weighted by molar-refractivity contribution is -0.678. The van der Waals surface area contributed by atoms with Crippen LogP contribution in [0.25, 0.3) is 0 Å². The molecule has 1 nitrogen and oxygen atoms in total. The van der Waals surface area contributed by atoms with Crippen molar-refractivity contribution in [2.45, 2.75) is 0 Å². The minimum absolute atomic E-state index is 1.32. The zero-order valence-electron chi connectivity index (χ0n) is 3.89. The van der Waals surface area contributed by atoms with Gasteiger partial charge in [0.2, 0.25) is 0 Å². The first-order valence-corrected chi connectivity index (χ1v) is 3.85. The number of nitrogens with zero attached hydrogens (tertiary/aromatic N) is 1. The lowest BCUT2D eigenvalue weighted by Crippen LogP contribution is -2.27. The number of halogens is 1. The van der Waals surface area contributed by atoms with Crippen LogP contribution in [0.15, 0.2) is 11.6 Å². The van der Waals surface area contributed by atoms with Gasteiger partial charge < -0.3 is 0 Å². The third-order valence-corrected chi connectivity index (χ3v) is 2.99. The van der Waals surface area contributed by atoms with Crippen molar-refractivity contribution in [3.8, 4) is 0 Å². The second-order valence-corrected chi connectivity index (χ2v) is 3.92. The van der Waals surface area contributed by atoms with E-state index in [1.54, 1.807) is 11.3 Å². The predicted octanol–water partition coefficient (Wildman–Crippen LogP) is 1.18. The monoisotopic (exact) mass is 226 g/mol. The number of hydrogen-bond donors (Lipinski definition) is 0. The van der Waals surface area contributed by atoms with Crippen LogP contribution in [0.2, 0.25) is 0 Å². The van der Waals surface area contributed by atoms with Crippen molar-refractivity contribution in [2.75, 3.05) is 0 Å². The Kier molecular flexibility index (Phi) is 1.64. The van der Waals surface area contributed by atoms with Gasteiger partial charge in [0.05, 0.1) is 28.0 Å². The van der Waals surface area contributed by atoms with Crippen molar-refractivity contribution in [2.24, 2.45) is 7.05 Å². The van der Waals surface area contributed by atoms with E-state index in [0.29, 0.717) is 0 Å². The molecule has 0 atom stereocenters. The van der Waals surface area contributed by atoms with E-state index in [-0.39, 0.29) is 0 Å². The van der Waals surface area contributed by atoms with Crippen molar-refractivity contribution in [1.82, 2.24) is 0 Å². The van der Waals surface area contributed by atoms with Crippen LogP contribution in [-0.4, -0.2) is 0 Å². The van der Waals surface area contributed by atoms with Gasteiger partial charge in [0.1, 0.15) is 7.05 Å². The molecule has 0 saturated carbocycles. The van der Waals surface area contributed by atoms with Crippen molar-refractivity contribution >= 4 is 33.9 Å². The van der Waals surface area contributed by atoms with Gasteiger partial charge in [-0.05, 0) is 0 Å². The topological polar surface area (TPSA) is 3.88 Å². The molecule has 1 heterocycles. The number of thiazole rings is 1. The Labute approximate surface area is 60.1 Å². The Bertz CT molecular complexity index is 144. The van der Waals surface area contributed by atoms with E-state index < -0.39 is 0 Å². The average molecular weight is 226 g/mol. The summed E-state index contributed by atoms with van der Waals surface area (Å²) in [5.74, 6) is 0. The number of aryl methyl sites for hydroxylation is 1. The Balaban J connectivity index is 3.12. The second-order valence-electron chi connectivity index (χ2n) is 1.27. The second kappa shape index (κ2) is 2.09. The van der Waals surface area contributed by atoms with E-state index in [1.807, 2.05) is 13.2 Å². The molecule has 38 valence electrons. The highest BCUT2D eigenvalue weighted by Gasteiger charge is 1.98. The van der Waals surface area contributed by atoms with Gasteiger partial charge in [-0.3, -0.25) is 0 Å². The molecule has 7 heavy (non-hydrogen) atoms. The molecule has 1 rings (SSSR count). The molecule has 1 aromatic rings. The summed E-state index contributed by atoms with van der Waals surface area (Å²) in [4.78, 5) is 0. The van der Waals surface area contributed by atoms with Crippen LogP contribution in [0, 0.1) is 3.01 Å². The zero-order valence-corrected chi connectivity index (χ0v) is 6.86. The van der Waals surface area contributed by atoms with E-state index in [9.17, 15) is 0 Å². The maximum Gasteiger partial charge on any atom is 0.297 e. The SMILES string of the molecule is C[n+]1ccsc1I. The van der Waals surface area contributed by atoms with Gasteiger partial charge in [-0.15, -0.1) is 0 Å². The Morgan fingerprint density at radius 2 is 2.57 bits per heavy atom. The molecule has 0 saturated heterocycles. The number of hydrogen-bond acceptors (Lipinski definition) is 1. The highest BCUT2D eigenvalue weighted by molar-refractivity contribution is 14.1. The smallest absolute Gasteiger partial charge is 0.187 e. The predicted molar refractivity (Wildman–Crippen MR) is 38.2 cm³/mol. The first-order valence-electron chi connectivity index (χ1n) is 1.89. The maximum absolute atomic E-state index is 2.30. The van der Waals surface area contributed by atoms with E-state index in [0.717, 1.165) is 0 Å². The molecule has 0 fully saturated rings. The Hall–Kier alpha value is 0.360. The number of rotatable bonds is 0. The van der Waals surface area contributed by atoms with Gasteiger partial charge in [0, 0.05) is 0 Å². The van der Waals surface area contributed by atoms with Gasteiger partial charge in [0.25, 0.3) is 3.01 Å². The summed E-state index contributed by atoms with van der Waals surface area (Å²) in [6.07, 6.45) is 2.05. The van der Waals surface area contributed by atoms with Crippen LogP contribution < -0.4 is 4.57 Å². The van der Waals surface area contributed by atoms with Crippen LogP contribution in [0.1, 0.15) is 0 Å². The molecule has 0 bridgehead atoms. The van der Waals surface area contributed by atoms with Crippen LogP contribution in [0.4, 0.5) is 0 Å². The minimum atomic E-state index is 1.32. The summed E-state index contributed by atoms with van der Waals surface area (Å²) in [6.45, 7) is 0. The molecule has 3 heteroatoms. The third kappa shape index (κ3) is 1.13. The normalized spacial score (nSPS) is 9.43. The zero-order chi connectivity index (χ0) is 5.28. The summed E-state index contributed by atoms with van der Waals surface area (Å²) in [5.41, 5.74) is 0. The Morgan fingerprint density at radius 1 is 1.86 bits per heavy atom. The average Bonchev–Trinajstić information content (AvgIpc) is 1.91. The minimum Gasteiger partial charge on any atom is -0.187 e. The largest absolute Gasteiger partial charge is 0.297 e.